The van der Waals surface area contributed by atoms with E-state index in [0.29, 0.717) is 29.0 Å². The van der Waals surface area contributed by atoms with Crippen LogP contribution in [0, 0.1) is 0 Å². The quantitative estimate of drug-likeness (QED) is 0.772. The lowest BCUT2D eigenvalue weighted by Gasteiger charge is -2.09. The third kappa shape index (κ3) is 2.71. The van der Waals surface area contributed by atoms with Gasteiger partial charge in [-0.3, -0.25) is 9.78 Å². The standard InChI is InChI=1S/C16H14N2O4/c1-21-13-5-3-2-4-11(13)15(19)17-9-10-6-7-14-12(8-10)18-16(20)22-14/h2-8H,9H2,1H3,(H,17,19)(H,18,20). The van der Waals surface area contributed by atoms with E-state index in [2.05, 4.69) is 10.3 Å². The van der Waals surface area contributed by atoms with Crippen LogP contribution < -0.4 is 15.8 Å². The summed E-state index contributed by atoms with van der Waals surface area (Å²) in [5.74, 6) is -0.196. The van der Waals surface area contributed by atoms with Gasteiger partial charge < -0.3 is 14.5 Å². The van der Waals surface area contributed by atoms with Crippen LogP contribution in [0.15, 0.2) is 51.7 Å². The number of H-pyrrole nitrogens is 1. The Hall–Kier alpha value is -3.02. The number of carbonyl (C=O) groups is 1. The topological polar surface area (TPSA) is 84.3 Å². The maximum Gasteiger partial charge on any atom is 0.417 e. The molecular weight excluding hydrogens is 284 g/mol. The number of aromatic nitrogens is 1. The fourth-order valence-corrected chi connectivity index (χ4v) is 2.22. The predicted octanol–water partition coefficient (Wildman–Crippen LogP) is 2.06. The molecule has 0 radical (unpaired) electrons. The Balaban J connectivity index is 1.75. The van der Waals surface area contributed by atoms with Crippen molar-refractivity contribution < 1.29 is 13.9 Å². The highest BCUT2D eigenvalue weighted by Gasteiger charge is 2.11. The number of methoxy groups -OCH3 is 1. The van der Waals surface area contributed by atoms with Crippen molar-refractivity contribution in [1.29, 1.82) is 0 Å². The van der Waals surface area contributed by atoms with Gasteiger partial charge in [-0.15, -0.1) is 0 Å². The number of nitrogens with one attached hydrogen (secondary N) is 2. The Morgan fingerprint density at radius 1 is 1.27 bits per heavy atom. The molecule has 6 heteroatoms. The number of hydrogen-bond donors (Lipinski definition) is 2. The molecule has 0 spiro atoms. The molecule has 1 heterocycles. The lowest BCUT2D eigenvalue weighted by atomic mass is 10.1. The van der Waals surface area contributed by atoms with Crippen molar-refractivity contribution in [2.24, 2.45) is 0 Å². The highest BCUT2D eigenvalue weighted by Crippen LogP contribution is 2.17. The average molecular weight is 298 g/mol. The Kier molecular flexibility index (Phi) is 3.65. The highest BCUT2D eigenvalue weighted by molar-refractivity contribution is 5.96. The van der Waals surface area contributed by atoms with E-state index in [1.165, 1.54) is 7.11 Å². The van der Waals surface area contributed by atoms with E-state index in [-0.39, 0.29) is 5.91 Å². The maximum absolute atomic E-state index is 12.2. The SMILES string of the molecule is COc1ccccc1C(=O)NCc1ccc2oc(=O)[nH]c2c1. The fourth-order valence-electron chi connectivity index (χ4n) is 2.22. The van der Waals surface area contributed by atoms with Gasteiger partial charge in [0.05, 0.1) is 18.2 Å². The molecular formula is C16H14N2O4. The Morgan fingerprint density at radius 2 is 2.09 bits per heavy atom. The summed E-state index contributed by atoms with van der Waals surface area (Å²) in [6.45, 7) is 0.333. The molecule has 0 aliphatic heterocycles. The first-order valence-corrected chi connectivity index (χ1v) is 6.70. The second kappa shape index (κ2) is 5.77. The molecule has 0 unspecified atom stereocenters. The fraction of sp³-hybridized carbons (Fsp3) is 0.125. The van der Waals surface area contributed by atoms with E-state index in [1.54, 1.807) is 42.5 Å². The summed E-state index contributed by atoms with van der Waals surface area (Å²) in [6, 6.07) is 12.3. The smallest absolute Gasteiger partial charge is 0.417 e. The molecule has 1 amide bonds. The lowest BCUT2D eigenvalue weighted by Crippen LogP contribution is -2.23. The Morgan fingerprint density at radius 3 is 2.91 bits per heavy atom. The van der Waals surface area contributed by atoms with Crippen LogP contribution in [0.4, 0.5) is 0 Å². The monoisotopic (exact) mass is 298 g/mol. The lowest BCUT2D eigenvalue weighted by molar-refractivity contribution is 0.0948. The van der Waals surface area contributed by atoms with Crippen LogP contribution >= 0.6 is 0 Å². The van der Waals surface area contributed by atoms with E-state index in [1.807, 2.05) is 0 Å². The van der Waals surface area contributed by atoms with Gasteiger partial charge in [-0.2, -0.15) is 0 Å². The van der Waals surface area contributed by atoms with Gasteiger partial charge in [-0.1, -0.05) is 18.2 Å². The predicted molar refractivity (Wildman–Crippen MR) is 81.0 cm³/mol. The normalized spacial score (nSPS) is 10.6. The summed E-state index contributed by atoms with van der Waals surface area (Å²) < 4.78 is 10.1. The second-order valence-electron chi connectivity index (χ2n) is 4.73. The molecule has 2 aromatic carbocycles. The molecule has 0 bridgehead atoms. The number of benzene rings is 2. The third-order valence-electron chi connectivity index (χ3n) is 3.29. The number of fused-ring (bicyclic) bond motifs is 1. The van der Waals surface area contributed by atoms with E-state index in [4.69, 9.17) is 9.15 Å². The Labute approximate surface area is 125 Å². The van der Waals surface area contributed by atoms with E-state index in [0.717, 1.165) is 5.56 Å². The third-order valence-corrected chi connectivity index (χ3v) is 3.29. The zero-order valence-corrected chi connectivity index (χ0v) is 11.9. The van der Waals surface area contributed by atoms with Gasteiger partial charge >= 0.3 is 5.76 Å². The summed E-state index contributed by atoms with van der Waals surface area (Å²) in [6.07, 6.45) is 0. The van der Waals surface area contributed by atoms with Crippen LogP contribution in [0.2, 0.25) is 0 Å². The van der Waals surface area contributed by atoms with Crippen molar-refractivity contribution in [2.45, 2.75) is 6.54 Å². The molecule has 0 saturated heterocycles. The maximum atomic E-state index is 12.2. The summed E-state index contributed by atoms with van der Waals surface area (Å²) in [5, 5.41) is 2.82. The van der Waals surface area contributed by atoms with Crippen molar-refractivity contribution in [3.63, 3.8) is 0 Å². The van der Waals surface area contributed by atoms with Crippen molar-refractivity contribution in [3.05, 3.63) is 64.1 Å². The van der Waals surface area contributed by atoms with Crippen molar-refractivity contribution in [3.8, 4) is 5.75 Å². The summed E-state index contributed by atoms with van der Waals surface area (Å²) >= 11 is 0. The molecule has 0 fully saturated rings. The molecule has 2 N–H and O–H groups in total. The van der Waals surface area contributed by atoms with Gasteiger partial charge in [0.25, 0.3) is 5.91 Å². The van der Waals surface area contributed by atoms with Crippen molar-refractivity contribution >= 4 is 17.0 Å². The van der Waals surface area contributed by atoms with Crippen LogP contribution in [0.5, 0.6) is 5.75 Å². The number of rotatable bonds is 4. The van der Waals surface area contributed by atoms with Gasteiger partial charge in [0.15, 0.2) is 5.58 Å². The van der Waals surface area contributed by atoms with Gasteiger partial charge in [-0.25, -0.2) is 4.79 Å². The first-order chi connectivity index (χ1) is 10.7. The van der Waals surface area contributed by atoms with Crippen LogP contribution in [0.1, 0.15) is 15.9 Å². The zero-order valence-electron chi connectivity index (χ0n) is 11.9. The summed E-state index contributed by atoms with van der Waals surface area (Å²) in [5.41, 5.74) is 2.43. The minimum absolute atomic E-state index is 0.224. The van der Waals surface area contributed by atoms with Crippen molar-refractivity contribution in [2.75, 3.05) is 7.11 Å². The molecule has 6 nitrogen and oxygen atoms in total. The van der Waals surface area contributed by atoms with Gasteiger partial charge in [0.1, 0.15) is 5.75 Å². The first-order valence-electron chi connectivity index (χ1n) is 6.70. The van der Waals surface area contributed by atoms with Gasteiger partial charge in [0.2, 0.25) is 0 Å². The molecule has 0 atom stereocenters. The molecule has 3 rings (SSSR count). The summed E-state index contributed by atoms with van der Waals surface area (Å²) in [4.78, 5) is 25.9. The molecule has 1 aromatic heterocycles. The van der Waals surface area contributed by atoms with Crippen LogP contribution in [0.3, 0.4) is 0 Å². The molecule has 112 valence electrons. The molecule has 3 aromatic rings. The van der Waals surface area contributed by atoms with E-state index in [9.17, 15) is 9.59 Å². The van der Waals surface area contributed by atoms with Crippen molar-refractivity contribution in [1.82, 2.24) is 10.3 Å². The van der Waals surface area contributed by atoms with E-state index < -0.39 is 5.76 Å². The number of oxazole rings is 1. The second-order valence-corrected chi connectivity index (χ2v) is 4.73. The largest absolute Gasteiger partial charge is 0.496 e. The first kappa shape index (κ1) is 13.9. The summed E-state index contributed by atoms with van der Waals surface area (Å²) in [7, 11) is 1.52. The average Bonchev–Trinajstić information content (AvgIpc) is 2.91. The van der Waals surface area contributed by atoms with E-state index >= 15 is 0 Å². The van der Waals surface area contributed by atoms with Gasteiger partial charge in [0, 0.05) is 6.54 Å². The highest BCUT2D eigenvalue weighted by atomic mass is 16.5. The minimum Gasteiger partial charge on any atom is -0.496 e. The number of ether oxygens (including phenoxy) is 1. The molecule has 0 saturated carbocycles. The number of aromatic amines is 1. The van der Waals surface area contributed by atoms with Crippen LogP contribution in [0.25, 0.3) is 11.1 Å². The van der Waals surface area contributed by atoms with Crippen LogP contribution in [-0.4, -0.2) is 18.0 Å². The zero-order chi connectivity index (χ0) is 15.5. The van der Waals surface area contributed by atoms with Crippen LogP contribution in [-0.2, 0) is 6.54 Å². The number of para-hydroxylation sites is 1. The minimum atomic E-state index is -0.495. The molecule has 0 aliphatic rings. The Bertz CT molecular complexity index is 879. The number of hydrogen-bond acceptors (Lipinski definition) is 4. The molecule has 22 heavy (non-hydrogen) atoms. The molecule has 0 aliphatic carbocycles. The number of amides is 1. The van der Waals surface area contributed by atoms with Gasteiger partial charge in [-0.05, 0) is 29.8 Å². The number of carbonyl (C=O) groups excluding carboxylic acids is 1.